The van der Waals surface area contributed by atoms with E-state index in [1.807, 2.05) is 51.1 Å². The van der Waals surface area contributed by atoms with Crippen molar-refractivity contribution < 1.29 is 13.9 Å². The van der Waals surface area contributed by atoms with Crippen LogP contribution in [0.2, 0.25) is 0 Å². The van der Waals surface area contributed by atoms with Crippen molar-refractivity contribution in [3.8, 4) is 17.2 Å². The first-order valence-electron chi connectivity index (χ1n) is 10.4. The Morgan fingerprint density at radius 2 is 1.85 bits per heavy atom. The van der Waals surface area contributed by atoms with Gasteiger partial charge in [0.15, 0.2) is 10.7 Å². The first kappa shape index (κ1) is 22.9. The largest absolute Gasteiger partial charge is 0.493 e. The van der Waals surface area contributed by atoms with Gasteiger partial charge >= 0.3 is 0 Å². The Bertz CT molecular complexity index is 1350. The van der Waals surface area contributed by atoms with Gasteiger partial charge in [-0.2, -0.15) is 0 Å². The number of thiocarbonyl (C=S) groups is 1. The van der Waals surface area contributed by atoms with Crippen LogP contribution >= 0.6 is 28.1 Å². The molecule has 1 amide bonds. The Kier molecular flexibility index (Phi) is 6.76. The number of anilines is 1. The van der Waals surface area contributed by atoms with Gasteiger partial charge in [0.25, 0.3) is 5.91 Å². The average molecular weight is 524 g/mol. The van der Waals surface area contributed by atoms with Crippen LogP contribution in [0.3, 0.4) is 0 Å². The fraction of sp³-hybridized carbons (Fsp3) is 0.160. The predicted octanol–water partition coefficient (Wildman–Crippen LogP) is 6.40. The first-order valence-corrected chi connectivity index (χ1v) is 11.6. The third kappa shape index (κ3) is 5.40. The Balaban J connectivity index is 1.46. The number of ether oxygens (including phenoxy) is 1. The molecule has 0 saturated carbocycles. The van der Waals surface area contributed by atoms with Gasteiger partial charge in [-0.1, -0.05) is 17.2 Å². The van der Waals surface area contributed by atoms with Crippen molar-refractivity contribution in [2.75, 3.05) is 11.9 Å². The smallest absolute Gasteiger partial charge is 0.257 e. The van der Waals surface area contributed by atoms with Gasteiger partial charge in [0, 0.05) is 16.8 Å². The zero-order chi connectivity index (χ0) is 23.5. The minimum atomic E-state index is -0.323. The average Bonchev–Trinajstić information content (AvgIpc) is 3.18. The number of halogens is 1. The van der Waals surface area contributed by atoms with Crippen LogP contribution < -0.4 is 15.4 Å². The number of fused-ring (bicyclic) bond motifs is 1. The number of hydrogen-bond acceptors (Lipinski definition) is 5. The van der Waals surface area contributed by atoms with E-state index in [1.54, 1.807) is 18.2 Å². The number of aryl methyl sites for hydroxylation is 2. The number of nitrogens with one attached hydrogen (secondary N) is 2. The van der Waals surface area contributed by atoms with Crippen molar-refractivity contribution in [2.45, 2.75) is 20.8 Å². The maximum Gasteiger partial charge on any atom is 0.257 e. The highest BCUT2D eigenvalue weighted by Gasteiger charge is 2.13. The van der Waals surface area contributed by atoms with Gasteiger partial charge in [-0.05, 0) is 97.4 Å². The van der Waals surface area contributed by atoms with E-state index >= 15 is 0 Å². The van der Waals surface area contributed by atoms with Crippen molar-refractivity contribution in [1.82, 2.24) is 10.3 Å². The van der Waals surface area contributed by atoms with Crippen molar-refractivity contribution in [1.29, 1.82) is 0 Å². The molecule has 0 unspecified atom stereocenters. The molecule has 8 heteroatoms. The second kappa shape index (κ2) is 9.72. The molecule has 6 nitrogen and oxygen atoms in total. The number of rotatable bonds is 5. The van der Waals surface area contributed by atoms with E-state index in [9.17, 15) is 4.79 Å². The maximum absolute atomic E-state index is 12.6. The molecule has 1 heterocycles. The summed E-state index contributed by atoms with van der Waals surface area (Å²) < 4.78 is 12.1. The minimum Gasteiger partial charge on any atom is -0.493 e. The van der Waals surface area contributed by atoms with Crippen LogP contribution in [0.1, 0.15) is 28.4 Å². The molecule has 0 fully saturated rings. The second-order valence-electron chi connectivity index (χ2n) is 7.56. The number of carbonyl (C=O) groups is 1. The number of benzene rings is 3. The highest BCUT2D eigenvalue weighted by molar-refractivity contribution is 9.10. The molecule has 0 aliphatic carbocycles. The summed E-state index contributed by atoms with van der Waals surface area (Å²) >= 11 is 8.74. The Hall–Kier alpha value is -3.23. The van der Waals surface area contributed by atoms with Gasteiger partial charge in [-0.3, -0.25) is 10.1 Å². The molecule has 0 saturated heterocycles. The van der Waals surface area contributed by atoms with E-state index < -0.39 is 0 Å². The number of aromatic nitrogens is 1. The molecule has 33 heavy (non-hydrogen) atoms. The van der Waals surface area contributed by atoms with Gasteiger partial charge in [0.1, 0.15) is 11.3 Å². The quantitative estimate of drug-likeness (QED) is 0.294. The molecule has 0 bridgehead atoms. The minimum absolute atomic E-state index is 0.183. The van der Waals surface area contributed by atoms with Gasteiger partial charge in [-0.25, -0.2) is 4.98 Å². The Morgan fingerprint density at radius 3 is 2.55 bits per heavy atom. The molecule has 0 radical (unpaired) electrons. The van der Waals surface area contributed by atoms with E-state index in [2.05, 4.69) is 37.6 Å². The number of nitrogens with zero attached hydrogens (tertiary/aromatic N) is 1. The molecule has 168 valence electrons. The molecule has 4 aromatic rings. The van der Waals surface area contributed by atoms with Crippen molar-refractivity contribution >= 4 is 56.0 Å². The Labute approximate surface area is 205 Å². The normalized spacial score (nSPS) is 10.8. The summed E-state index contributed by atoms with van der Waals surface area (Å²) in [5, 5.41) is 5.90. The van der Waals surface area contributed by atoms with Crippen LogP contribution in [0.25, 0.3) is 22.6 Å². The molecule has 0 spiro atoms. The van der Waals surface area contributed by atoms with Crippen molar-refractivity contribution in [2.24, 2.45) is 0 Å². The van der Waals surface area contributed by atoms with Crippen molar-refractivity contribution in [3.05, 3.63) is 75.8 Å². The van der Waals surface area contributed by atoms with Crippen molar-refractivity contribution in [3.63, 3.8) is 0 Å². The molecule has 3 aromatic carbocycles. The van der Waals surface area contributed by atoms with E-state index in [1.165, 1.54) is 0 Å². The number of carbonyl (C=O) groups excluding carboxylic acids is 1. The van der Waals surface area contributed by atoms with Gasteiger partial charge < -0.3 is 14.5 Å². The fourth-order valence-corrected chi connectivity index (χ4v) is 4.18. The van der Waals surface area contributed by atoms with Crippen LogP contribution in [0.15, 0.2) is 63.5 Å². The topological polar surface area (TPSA) is 76.4 Å². The number of amides is 1. The summed E-state index contributed by atoms with van der Waals surface area (Å²) in [6.45, 7) is 6.53. The third-order valence-corrected chi connectivity index (χ3v) is 5.66. The van der Waals surface area contributed by atoms with Crippen LogP contribution in [-0.4, -0.2) is 22.6 Å². The molecule has 0 aliphatic rings. The van der Waals surface area contributed by atoms with Crippen LogP contribution in [-0.2, 0) is 0 Å². The molecular weight excluding hydrogens is 502 g/mol. The van der Waals surface area contributed by atoms with Gasteiger partial charge in [0.2, 0.25) is 5.89 Å². The van der Waals surface area contributed by atoms with Crippen LogP contribution in [0.5, 0.6) is 5.75 Å². The third-order valence-electron chi connectivity index (χ3n) is 4.84. The summed E-state index contributed by atoms with van der Waals surface area (Å²) in [4.78, 5) is 17.2. The zero-order valence-electron chi connectivity index (χ0n) is 18.4. The summed E-state index contributed by atoms with van der Waals surface area (Å²) in [7, 11) is 0. The SMILES string of the molecule is CCOc1ccc(C(=O)NC(=S)Nc2ccc3oc(-c4cc(C)cc(C)c4)nc3c2)cc1Br. The Morgan fingerprint density at radius 1 is 1.09 bits per heavy atom. The lowest BCUT2D eigenvalue weighted by atomic mass is 10.1. The van der Waals surface area contributed by atoms with Crippen LogP contribution in [0, 0.1) is 13.8 Å². The second-order valence-corrected chi connectivity index (χ2v) is 8.83. The molecule has 2 N–H and O–H groups in total. The summed E-state index contributed by atoms with van der Waals surface area (Å²) in [6.07, 6.45) is 0. The van der Waals surface area contributed by atoms with E-state index in [-0.39, 0.29) is 11.0 Å². The van der Waals surface area contributed by atoms with Gasteiger partial charge in [-0.15, -0.1) is 0 Å². The lowest BCUT2D eigenvalue weighted by Gasteiger charge is -2.11. The monoisotopic (exact) mass is 523 g/mol. The van der Waals surface area contributed by atoms with E-state index in [0.29, 0.717) is 45.1 Å². The van der Waals surface area contributed by atoms with Gasteiger partial charge in [0.05, 0.1) is 11.1 Å². The summed E-state index contributed by atoms with van der Waals surface area (Å²) in [5.74, 6) is 0.914. The zero-order valence-corrected chi connectivity index (χ0v) is 20.8. The number of hydrogen-bond donors (Lipinski definition) is 2. The lowest BCUT2D eigenvalue weighted by molar-refractivity contribution is 0.0977. The standard InChI is InChI=1S/C25H22BrN3O3S/c1-4-31-21-7-5-16(12-19(21)26)23(30)29-25(33)27-18-6-8-22-20(13-18)28-24(32-22)17-10-14(2)9-15(3)11-17/h5-13H,4H2,1-3H3,(H2,27,29,30,33). The molecule has 0 atom stereocenters. The first-order chi connectivity index (χ1) is 15.8. The molecule has 4 rings (SSSR count). The molecule has 1 aromatic heterocycles. The summed E-state index contributed by atoms with van der Waals surface area (Å²) in [5.41, 5.74) is 5.75. The van der Waals surface area contributed by atoms with E-state index in [0.717, 1.165) is 16.7 Å². The maximum atomic E-state index is 12.6. The molecular formula is C25H22BrN3O3S. The highest BCUT2D eigenvalue weighted by Crippen LogP contribution is 2.28. The molecule has 0 aliphatic heterocycles. The highest BCUT2D eigenvalue weighted by atomic mass is 79.9. The fourth-order valence-electron chi connectivity index (χ4n) is 3.48. The van der Waals surface area contributed by atoms with E-state index in [4.69, 9.17) is 21.4 Å². The predicted molar refractivity (Wildman–Crippen MR) is 138 cm³/mol. The van der Waals surface area contributed by atoms with Crippen LogP contribution in [0.4, 0.5) is 5.69 Å². The summed E-state index contributed by atoms with van der Waals surface area (Å²) in [6, 6.07) is 16.8. The number of oxazole rings is 1. The lowest BCUT2D eigenvalue weighted by Crippen LogP contribution is -2.34.